The summed E-state index contributed by atoms with van der Waals surface area (Å²) in [4.78, 5) is 30.5. The van der Waals surface area contributed by atoms with Crippen molar-refractivity contribution >= 4 is 40.9 Å². The number of rotatable bonds is 6. The van der Waals surface area contributed by atoms with E-state index in [-0.39, 0.29) is 12.3 Å². The molecule has 2 aliphatic rings. The van der Waals surface area contributed by atoms with Crippen molar-refractivity contribution in [2.24, 2.45) is 4.99 Å². The van der Waals surface area contributed by atoms with E-state index in [1.807, 2.05) is 36.4 Å². The number of hydrogen-bond acceptors (Lipinski definition) is 5. The smallest absolute Gasteiger partial charge is 0.357 e. The molecule has 0 aromatic heterocycles. The van der Waals surface area contributed by atoms with Crippen LogP contribution in [-0.2, 0) is 32.1 Å². The summed E-state index contributed by atoms with van der Waals surface area (Å²) >= 11 is 12.3. The molecular formula is C27H23Cl2NO4. The van der Waals surface area contributed by atoms with Crippen LogP contribution in [0.5, 0.6) is 0 Å². The number of carbonyl (C=O) groups is 2. The zero-order chi connectivity index (χ0) is 24.5. The molecular weight excluding hydrogens is 473 g/mol. The van der Waals surface area contributed by atoms with Crippen molar-refractivity contribution in [3.63, 3.8) is 0 Å². The highest BCUT2D eigenvalue weighted by Crippen LogP contribution is 2.37. The highest BCUT2D eigenvalue weighted by atomic mass is 35.5. The first-order valence-corrected chi connectivity index (χ1v) is 11.5. The molecule has 0 fully saturated rings. The summed E-state index contributed by atoms with van der Waals surface area (Å²) in [6, 6.07) is 14.6. The number of allylic oxidation sites excluding steroid dienone is 3. The number of fused-ring (bicyclic) bond motifs is 1. The lowest BCUT2D eigenvalue weighted by molar-refractivity contribution is -0.149. The third-order valence-electron chi connectivity index (χ3n) is 5.14. The summed E-state index contributed by atoms with van der Waals surface area (Å²) in [6.07, 6.45) is 3.69. The van der Waals surface area contributed by atoms with Crippen molar-refractivity contribution in [1.82, 2.24) is 0 Å². The summed E-state index contributed by atoms with van der Waals surface area (Å²) in [7, 11) is 0. The normalized spacial score (nSPS) is 14.9. The van der Waals surface area contributed by atoms with Crippen LogP contribution in [0.1, 0.15) is 31.9 Å². The Morgan fingerprint density at radius 2 is 1.65 bits per heavy atom. The summed E-state index contributed by atoms with van der Waals surface area (Å²) in [5.41, 5.74) is 3.22. The molecule has 0 radical (unpaired) electrons. The van der Waals surface area contributed by atoms with Gasteiger partial charge in [0.1, 0.15) is 12.2 Å². The van der Waals surface area contributed by atoms with E-state index in [1.54, 1.807) is 45.1 Å². The molecule has 4 rings (SSSR count). The molecule has 2 aromatic rings. The standard InChI is InChI=1S/C27H23Cl2NO4/c1-27(2,3)34-25(31)18-10-12-22-23(18)19(13-17-9-11-20(28)21(29)14-17)24(30-22)26(32)33-15-16-7-5-4-6-8-16/h4-12,14H,13,15H2,1-3H3. The molecule has 0 unspecified atom stereocenters. The van der Waals surface area contributed by atoms with E-state index in [4.69, 9.17) is 32.7 Å². The maximum absolute atomic E-state index is 13.1. The average molecular weight is 496 g/mol. The molecule has 1 aliphatic heterocycles. The predicted octanol–water partition coefficient (Wildman–Crippen LogP) is 6.20. The molecule has 2 aromatic carbocycles. The zero-order valence-electron chi connectivity index (χ0n) is 19.0. The number of esters is 2. The molecule has 174 valence electrons. The fourth-order valence-corrected chi connectivity index (χ4v) is 3.99. The van der Waals surface area contributed by atoms with Crippen molar-refractivity contribution in [2.45, 2.75) is 39.4 Å². The zero-order valence-corrected chi connectivity index (χ0v) is 20.5. The maximum atomic E-state index is 13.1. The summed E-state index contributed by atoms with van der Waals surface area (Å²) in [5, 5.41) is 0.833. The molecule has 0 atom stereocenters. The highest BCUT2D eigenvalue weighted by molar-refractivity contribution is 6.42. The number of carbonyl (C=O) groups excluding carboxylic acids is 2. The molecule has 0 spiro atoms. The molecule has 7 heteroatoms. The lowest BCUT2D eigenvalue weighted by atomic mass is 9.94. The van der Waals surface area contributed by atoms with Gasteiger partial charge in [-0.3, -0.25) is 0 Å². The van der Waals surface area contributed by atoms with Gasteiger partial charge in [0.05, 0.1) is 21.3 Å². The van der Waals surface area contributed by atoms with Crippen LogP contribution in [0.2, 0.25) is 10.0 Å². The Balaban J connectivity index is 1.71. The number of hydrogen-bond donors (Lipinski definition) is 0. The second kappa shape index (κ2) is 9.61. The Labute approximate surface area is 208 Å². The Morgan fingerprint density at radius 1 is 0.912 bits per heavy atom. The van der Waals surface area contributed by atoms with Gasteiger partial charge in [-0.2, -0.15) is 0 Å². The van der Waals surface area contributed by atoms with Crippen molar-refractivity contribution in [2.75, 3.05) is 0 Å². The van der Waals surface area contributed by atoms with E-state index < -0.39 is 17.5 Å². The monoisotopic (exact) mass is 495 g/mol. The van der Waals surface area contributed by atoms with E-state index >= 15 is 0 Å². The number of nitrogens with zero attached hydrogens (tertiary/aromatic N) is 1. The van der Waals surface area contributed by atoms with Gasteiger partial charge in [-0.15, -0.1) is 0 Å². The first-order chi connectivity index (χ1) is 16.1. The largest absolute Gasteiger partial charge is 0.456 e. The Morgan fingerprint density at radius 3 is 2.32 bits per heavy atom. The minimum Gasteiger partial charge on any atom is -0.456 e. The fraction of sp³-hybridized carbons (Fsp3) is 0.222. The Kier molecular flexibility index (Phi) is 6.78. The van der Waals surface area contributed by atoms with E-state index in [1.165, 1.54) is 0 Å². The van der Waals surface area contributed by atoms with Gasteiger partial charge in [-0.1, -0.05) is 59.6 Å². The Bertz CT molecular complexity index is 1280. The minimum absolute atomic E-state index is 0.113. The number of aliphatic imine (C=N–C) groups is 1. The molecule has 34 heavy (non-hydrogen) atoms. The van der Waals surface area contributed by atoms with Crippen LogP contribution in [0.3, 0.4) is 0 Å². The van der Waals surface area contributed by atoms with Crippen LogP contribution in [-0.4, -0.2) is 23.3 Å². The first kappa shape index (κ1) is 24.0. The van der Waals surface area contributed by atoms with Crippen LogP contribution >= 0.6 is 23.2 Å². The van der Waals surface area contributed by atoms with Crippen LogP contribution in [0, 0.1) is 0 Å². The molecule has 0 bridgehead atoms. The third-order valence-corrected chi connectivity index (χ3v) is 5.88. The average Bonchev–Trinajstić information content (AvgIpc) is 3.34. The summed E-state index contributed by atoms with van der Waals surface area (Å²) < 4.78 is 11.1. The van der Waals surface area contributed by atoms with E-state index in [0.717, 1.165) is 11.1 Å². The fourth-order valence-electron chi connectivity index (χ4n) is 3.67. The van der Waals surface area contributed by atoms with Crippen LogP contribution < -0.4 is 0 Å². The highest BCUT2D eigenvalue weighted by Gasteiger charge is 2.35. The second-order valence-corrected chi connectivity index (χ2v) is 9.75. The first-order valence-electron chi connectivity index (χ1n) is 10.8. The molecule has 0 amide bonds. The van der Waals surface area contributed by atoms with E-state index in [0.29, 0.717) is 38.9 Å². The molecule has 0 N–H and O–H groups in total. The van der Waals surface area contributed by atoms with Crippen molar-refractivity contribution in [3.05, 3.63) is 104 Å². The van der Waals surface area contributed by atoms with Crippen LogP contribution in [0.4, 0.5) is 0 Å². The number of ether oxygens (including phenoxy) is 2. The maximum Gasteiger partial charge on any atom is 0.357 e. The van der Waals surface area contributed by atoms with Gasteiger partial charge >= 0.3 is 11.9 Å². The summed E-state index contributed by atoms with van der Waals surface area (Å²) in [5.74, 6) is -1.04. The van der Waals surface area contributed by atoms with Gasteiger partial charge in [-0.05, 0) is 61.8 Å². The van der Waals surface area contributed by atoms with E-state index in [9.17, 15) is 9.59 Å². The van der Waals surface area contributed by atoms with Gasteiger partial charge in [-0.25, -0.2) is 14.6 Å². The molecule has 1 aliphatic carbocycles. The van der Waals surface area contributed by atoms with Crippen molar-refractivity contribution < 1.29 is 19.1 Å². The lowest BCUT2D eigenvalue weighted by Gasteiger charge is -2.20. The van der Waals surface area contributed by atoms with Gasteiger partial charge in [0.2, 0.25) is 0 Å². The predicted molar refractivity (Wildman–Crippen MR) is 133 cm³/mol. The Hall–Kier alpha value is -3.15. The molecule has 0 saturated heterocycles. The van der Waals surface area contributed by atoms with E-state index in [2.05, 4.69) is 4.99 Å². The lowest BCUT2D eigenvalue weighted by Crippen LogP contribution is -2.25. The van der Waals surface area contributed by atoms with Crippen LogP contribution in [0.15, 0.2) is 88.1 Å². The van der Waals surface area contributed by atoms with Gasteiger partial charge in [0.15, 0.2) is 5.70 Å². The van der Waals surface area contributed by atoms with Crippen LogP contribution in [0.25, 0.3) is 0 Å². The molecule has 1 heterocycles. The van der Waals surface area contributed by atoms with Crippen molar-refractivity contribution in [3.8, 4) is 0 Å². The van der Waals surface area contributed by atoms with Gasteiger partial charge in [0, 0.05) is 12.0 Å². The third kappa shape index (κ3) is 5.32. The quantitative estimate of drug-likeness (QED) is 0.447. The minimum atomic E-state index is -0.665. The van der Waals surface area contributed by atoms with Gasteiger partial charge < -0.3 is 9.47 Å². The topological polar surface area (TPSA) is 65.0 Å². The molecule has 5 nitrogen and oxygen atoms in total. The SMILES string of the molecule is CC(C)(C)OC(=O)C1=C2C(=NC(C(=O)OCc3ccccc3)=C2Cc2ccc(Cl)c(Cl)c2)C=C1. The number of benzene rings is 2. The summed E-state index contributed by atoms with van der Waals surface area (Å²) in [6.45, 7) is 5.52. The van der Waals surface area contributed by atoms with Crippen molar-refractivity contribution in [1.29, 1.82) is 0 Å². The second-order valence-electron chi connectivity index (χ2n) is 8.94. The number of halogens is 2. The van der Waals surface area contributed by atoms with Gasteiger partial charge in [0.25, 0.3) is 0 Å². The molecule has 0 saturated carbocycles.